The van der Waals surface area contributed by atoms with E-state index in [9.17, 15) is 0 Å². The number of rotatable bonds is 2. The lowest BCUT2D eigenvalue weighted by Crippen LogP contribution is -2.15. The van der Waals surface area contributed by atoms with Crippen LogP contribution in [0.3, 0.4) is 0 Å². The van der Waals surface area contributed by atoms with E-state index in [0.717, 1.165) is 18.5 Å². The number of allylic oxidation sites excluding steroid dienone is 2. The summed E-state index contributed by atoms with van der Waals surface area (Å²) >= 11 is 0. The van der Waals surface area contributed by atoms with Crippen molar-refractivity contribution in [2.24, 2.45) is 10.9 Å². The maximum absolute atomic E-state index is 4.75. The Hall–Kier alpha value is -1.37. The highest BCUT2D eigenvalue weighted by molar-refractivity contribution is 5.99. The summed E-state index contributed by atoms with van der Waals surface area (Å²) in [6.07, 6.45) is 6.56. The minimum atomic E-state index is 0.540. The number of aryl methyl sites for hydroxylation is 1. The minimum Gasteiger partial charge on any atom is -0.253 e. The molecule has 0 saturated heterocycles. The van der Waals surface area contributed by atoms with Crippen molar-refractivity contribution in [1.29, 1.82) is 0 Å². The van der Waals surface area contributed by atoms with Gasteiger partial charge >= 0.3 is 0 Å². The van der Waals surface area contributed by atoms with Crippen molar-refractivity contribution >= 4 is 11.4 Å². The van der Waals surface area contributed by atoms with E-state index in [4.69, 9.17) is 4.99 Å². The Morgan fingerprint density at radius 1 is 1.44 bits per heavy atom. The summed E-state index contributed by atoms with van der Waals surface area (Å²) in [4.78, 5) is 4.75. The number of hydrogen-bond donors (Lipinski definition) is 0. The summed E-state index contributed by atoms with van der Waals surface area (Å²) in [5.74, 6) is 0.540. The molecule has 1 aliphatic rings. The summed E-state index contributed by atoms with van der Waals surface area (Å²) in [7, 11) is 0. The smallest absolute Gasteiger partial charge is 0.0667 e. The topological polar surface area (TPSA) is 12.4 Å². The standard InChI is InChI=1S/C15H19N/c1-4-5-6-14-12(3)10-13-8-7-11(2)9-15(13)16-14/h5-9,12H,4,10H2,1-3H3/b6-5-. The van der Waals surface area contributed by atoms with Gasteiger partial charge in [-0.1, -0.05) is 32.1 Å². The molecule has 1 nitrogen and oxygen atoms in total. The Morgan fingerprint density at radius 2 is 2.25 bits per heavy atom. The molecular weight excluding hydrogens is 194 g/mol. The quantitative estimate of drug-likeness (QED) is 0.697. The Kier molecular flexibility index (Phi) is 3.23. The summed E-state index contributed by atoms with van der Waals surface area (Å²) in [5.41, 5.74) is 5.05. The minimum absolute atomic E-state index is 0.540. The molecule has 1 aliphatic heterocycles. The number of aliphatic imine (C=N–C) groups is 1. The Balaban J connectivity index is 2.38. The lowest BCUT2D eigenvalue weighted by Gasteiger charge is -2.20. The predicted molar refractivity (Wildman–Crippen MR) is 70.6 cm³/mol. The van der Waals surface area contributed by atoms with E-state index in [1.807, 2.05) is 0 Å². The maximum Gasteiger partial charge on any atom is 0.0667 e. The third kappa shape index (κ3) is 2.24. The van der Waals surface area contributed by atoms with Crippen LogP contribution < -0.4 is 0 Å². The molecule has 1 aromatic rings. The molecule has 0 radical (unpaired) electrons. The van der Waals surface area contributed by atoms with Crippen LogP contribution in [0.25, 0.3) is 0 Å². The van der Waals surface area contributed by atoms with Gasteiger partial charge in [-0.25, -0.2) is 0 Å². The second-order valence-electron chi connectivity index (χ2n) is 4.58. The zero-order valence-corrected chi connectivity index (χ0v) is 10.3. The molecule has 1 heteroatoms. The molecule has 0 aromatic heterocycles. The van der Waals surface area contributed by atoms with Crippen LogP contribution >= 0.6 is 0 Å². The summed E-state index contributed by atoms with van der Waals surface area (Å²) < 4.78 is 0. The first kappa shape index (κ1) is 11.1. The van der Waals surface area contributed by atoms with Crippen LogP contribution in [0.5, 0.6) is 0 Å². The highest BCUT2D eigenvalue weighted by Crippen LogP contribution is 2.29. The van der Waals surface area contributed by atoms with Crippen LogP contribution in [0.15, 0.2) is 35.3 Å². The van der Waals surface area contributed by atoms with Crippen LogP contribution in [0.1, 0.15) is 31.4 Å². The summed E-state index contributed by atoms with van der Waals surface area (Å²) in [6.45, 7) is 6.53. The van der Waals surface area contributed by atoms with E-state index in [1.165, 1.54) is 16.8 Å². The van der Waals surface area contributed by atoms with Crippen molar-refractivity contribution in [2.45, 2.75) is 33.6 Å². The van der Waals surface area contributed by atoms with Gasteiger partial charge in [0.25, 0.3) is 0 Å². The molecule has 16 heavy (non-hydrogen) atoms. The molecule has 1 heterocycles. The average molecular weight is 213 g/mol. The first-order valence-electron chi connectivity index (χ1n) is 6.05. The second kappa shape index (κ2) is 4.65. The molecule has 0 saturated carbocycles. The van der Waals surface area contributed by atoms with Crippen molar-refractivity contribution in [1.82, 2.24) is 0 Å². The zero-order chi connectivity index (χ0) is 11.5. The molecule has 0 aliphatic carbocycles. The molecule has 0 spiro atoms. The van der Waals surface area contributed by atoms with Gasteiger partial charge in [-0.3, -0.25) is 4.99 Å². The molecule has 0 fully saturated rings. The fourth-order valence-electron chi connectivity index (χ4n) is 2.07. The van der Waals surface area contributed by atoms with Gasteiger partial charge in [0.2, 0.25) is 0 Å². The van der Waals surface area contributed by atoms with Crippen LogP contribution in [0.2, 0.25) is 0 Å². The van der Waals surface area contributed by atoms with Gasteiger partial charge < -0.3 is 0 Å². The molecule has 2 rings (SSSR count). The molecular formula is C15H19N. The van der Waals surface area contributed by atoms with E-state index in [0.29, 0.717) is 5.92 Å². The van der Waals surface area contributed by atoms with Crippen LogP contribution in [-0.4, -0.2) is 5.71 Å². The van der Waals surface area contributed by atoms with Crippen molar-refractivity contribution in [2.75, 3.05) is 0 Å². The van der Waals surface area contributed by atoms with E-state index < -0.39 is 0 Å². The SMILES string of the molecule is CC/C=C\C1=Nc2cc(C)ccc2CC1C. The first-order valence-corrected chi connectivity index (χ1v) is 6.05. The van der Waals surface area contributed by atoms with Crippen molar-refractivity contribution in [3.63, 3.8) is 0 Å². The lowest BCUT2D eigenvalue weighted by molar-refractivity contribution is 0.757. The van der Waals surface area contributed by atoms with Crippen LogP contribution in [0.4, 0.5) is 5.69 Å². The zero-order valence-electron chi connectivity index (χ0n) is 10.3. The van der Waals surface area contributed by atoms with Gasteiger partial charge in [-0.15, -0.1) is 0 Å². The van der Waals surface area contributed by atoms with Crippen molar-refractivity contribution in [3.8, 4) is 0 Å². The number of nitrogens with zero attached hydrogens (tertiary/aromatic N) is 1. The average Bonchev–Trinajstić information content (AvgIpc) is 2.27. The van der Waals surface area contributed by atoms with Crippen molar-refractivity contribution < 1.29 is 0 Å². The van der Waals surface area contributed by atoms with E-state index in [2.05, 4.69) is 51.1 Å². The van der Waals surface area contributed by atoms with Gasteiger partial charge in [-0.05, 0) is 43.0 Å². The highest BCUT2D eigenvalue weighted by Gasteiger charge is 2.17. The molecule has 84 valence electrons. The molecule has 1 atom stereocenters. The van der Waals surface area contributed by atoms with Crippen LogP contribution in [-0.2, 0) is 6.42 Å². The number of hydrogen-bond acceptors (Lipinski definition) is 1. The van der Waals surface area contributed by atoms with Crippen LogP contribution in [0, 0.1) is 12.8 Å². The third-order valence-corrected chi connectivity index (χ3v) is 3.05. The molecule has 1 aromatic carbocycles. The fourth-order valence-corrected chi connectivity index (χ4v) is 2.07. The van der Waals surface area contributed by atoms with E-state index in [-0.39, 0.29) is 0 Å². The second-order valence-corrected chi connectivity index (χ2v) is 4.58. The van der Waals surface area contributed by atoms with Gasteiger partial charge in [0.1, 0.15) is 0 Å². The Morgan fingerprint density at radius 3 is 3.00 bits per heavy atom. The van der Waals surface area contributed by atoms with Crippen molar-refractivity contribution in [3.05, 3.63) is 41.5 Å². The van der Waals surface area contributed by atoms with Gasteiger partial charge in [0.05, 0.1) is 5.69 Å². The van der Waals surface area contributed by atoms with E-state index in [1.54, 1.807) is 0 Å². The molecule has 0 amide bonds. The lowest BCUT2D eigenvalue weighted by atomic mass is 9.91. The largest absolute Gasteiger partial charge is 0.253 e. The van der Waals surface area contributed by atoms with Gasteiger partial charge in [0.15, 0.2) is 0 Å². The Labute approximate surface area is 97.9 Å². The highest BCUT2D eigenvalue weighted by atomic mass is 14.8. The normalized spacial score (nSPS) is 19.7. The van der Waals surface area contributed by atoms with Gasteiger partial charge in [0, 0.05) is 11.6 Å². The Bertz CT molecular complexity index is 441. The maximum atomic E-state index is 4.75. The molecule has 1 unspecified atom stereocenters. The summed E-state index contributed by atoms with van der Waals surface area (Å²) in [5, 5.41) is 0. The number of benzene rings is 1. The first-order chi connectivity index (χ1) is 7.70. The predicted octanol–water partition coefficient (Wildman–Crippen LogP) is 4.23. The summed E-state index contributed by atoms with van der Waals surface area (Å²) in [6, 6.07) is 6.57. The monoisotopic (exact) mass is 213 g/mol. The van der Waals surface area contributed by atoms with E-state index >= 15 is 0 Å². The number of fused-ring (bicyclic) bond motifs is 1. The fraction of sp³-hybridized carbons (Fsp3) is 0.400. The molecule has 0 bridgehead atoms. The van der Waals surface area contributed by atoms with Gasteiger partial charge in [-0.2, -0.15) is 0 Å². The molecule has 0 N–H and O–H groups in total. The third-order valence-electron chi connectivity index (χ3n) is 3.05.